The third-order valence-electron chi connectivity index (χ3n) is 2.26. The molecule has 1 atom stereocenters. The van der Waals surface area contributed by atoms with Gasteiger partial charge in [0.1, 0.15) is 0 Å². The van der Waals surface area contributed by atoms with Gasteiger partial charge in [0, 0.05) is 17.4 Å². The zero-order chi connectivity index (χ0) is 17.3. The van der Waals surface area contributed by atoms with Crippen LogP contribution in [0.1, 0.15) is 11.3 Å². The minimum Gasteiger partial charge on any atom is 0 e. The summed E-state index contributed by atoms with van der Waals surface area (Å²) in [4.78, 5) is 0. The first-order valence-corrected chi connectivity index (χ1v) is 9.52. The van der Waals surface area contributed by atoms with E-state index in [0.29, 0.717) is 6.61 Å². The number of benzene rings is 1. The molecule has 1 aromatic carbocycles. The zero-order valence-corrected chi connectivity index (χ0v) is 15.1. The van der Waals surface area contributed by atoms with Crippen LogP contribution in [-0.2, 0) is 36.1 Å². The predicted molar refractivity (Wildman–Crippen MR) is 77.4 cm³/mol. The topological polar surface area (TPSA) is 89.2 Å². The van der Waals surface area contributed by atoms with Gasteiger partial charge in [0.05, 0.1) is 27.0 Å². The van der Waals surface area contributed by atoms with E-state index in [4.69, 9.17) is 23.8 Å². The summed E-state index contributed by atoms with van der Waals surface area (Å²) in [6, 6.07) is 10.3. The molecule has 7 heteroatoms. The van der Waals surface area contributed by atoms with Crippen molar-refractivity contribution < 1.29 is 41.2 Å². The third-order valence-corrected chi connectivity index (χ3v) is 4.34. The van der Waals surface area contributed by atoms with Crippen LogP contribution < -0.4 is 0 Å². The summed E-state index contributed by atoms with van der Waals surface area (Å²) in [6.07, 6.45) is 0. The molecule has 0 bridgehead atoms. The normalized spacial score (nSPS) is 9.73. The van der Waals surface area contributed by atoms with Crippen molar-refractivity contribution >= 4 is 8.07 Å². The maximum absolute atomic E-state index is 8.82. The van der Waals surface area contributed by atoms with Crippen LogP contribution in [0.3, 0.4) is 0 Å². The molecule has 120 valence electrons. The summed E-state index contributed by atoms with van der Waals surface area (Å²) in [5, 5.41) is 8.82. The van der Waals surface area contributed by atoms with Crippen molar-refractivity contribution in [1.29, 1.82) is 0 Å². The molecular formula is C15H20CrO5Si. The molecule has 0 aromatic heterocycles. The second kappa shape index (κ2) is 20.1. The smallest absolute Gasteiger partial charge is 0 e. The summed E-state index contributed by atoms with van der Waals surface area (Å²) in [7, 11) is -1.40. The number of ether oxygens (including phenoxy) is 1. The Labute approximate surface area is 144 Å². The van der Waals surface area contributed by atoms with E-state index < -0.39 is 8.07 Å². The summed E-state index contributed by atoms with van der Waals surface area (Å²) in [6.45, 7) is 20.9. The Hall–Kier alpha value is -0.891. The van der Waals surface area contributed by atoms with Gasteiger partial charge in [-0.2, -0.15) is 0 Å². The number of aliphatic hydroxyl groups excluding tert-OH is 1. The Kier molecular flexibility index (Phi) is 26.7. The van der Waals surface area contributed by atoms with Crippen molar-refractivity contribution in [3.05, 3.63) is 55.8 Å². The van der Waals surface area contributed by atoms with Gasteiger partial charge in [-0.25, -0.2) is 0 Å². The molecule has 0 saturated heterocycles. The number of aliphatic hydroxyl groups is 1. The molecule has 5 nitrogen and oxygen atoms in total. The molecule has 0 heterocycles. The molecule has 0 fully saturated rings. The standard InChI is InChI=1S/C12H20O2Si.3CO.Cr/c1-15(2,3)12(14-10-9-13)11-7-5-4-6-8-11;3*1-2;/h4-8,12-13H,9-10H2,1-3H3;;;;. The van der Waals surface area contributed by atoms with E-state index >= 15 is 0 Å². The summed E-state index contributed by atoms with van der Waals surface area (Å²) >= 11 is 0. The monoisotopic (exact) mass is 360 g/mol. The number of hydrogen-bond acceptors (Lipinski definition) is 2. The summed E-state index contributed by atoms with van der Waals surface area (Å²) < 4.78 is 28.3. The Bertz CT molecular complexity index is 384. The fourth-order valence-electron chi connectivity index (χ4n) is 1.64. The molecule has 1 rings (SSSR count). The van der Waals surface area contributed by atoms with Gasteiger partial charge in [-0.15, -0.1) is 0 Å². The van der Waals surface area contributed by atoms with E-state index in [-0.39, 0.29) is 29.7 Å². The van der Waals surface area contributed by atoms with E-state index in [2.05, 4.69) is 51.7 Å². The van der Waals surface area contributed by atoms with Crippen LogP contribution in [0, 0.1) is 20.0 Å². The van der Waals surface area contributed by atoms with E-state index in [1.165, 1.54) is 5.56 Å². The minimum atomic E-state index is -1.40. The van der Waals surface area contributed by atoms with Gasteiger partial charge < -0.3 is 9.84 Å². The van der Waals surface area contributed by atoms with Gasteiger partial charge in [0.2, 0.25) is 0 Å². The molecule has 1 unspecified atom stereocenters. The number of rotatable bonds is 5. The fourth-order valence-corrected chi connectivity index (χ4v) is 3.45. The molecule has 0 amide bonds. The van der Waals surface area contributed by atoms with Crippen molar-refractivity contribution in [3.63, 3.8) is 0 Å². The molecule has 0 radical (unpaired) electrons. The summed E-state index contributed by atoms with van der Waals surface area (Å²) in [5.74, 6) is 0. The predicted octanol–water partition coefficient (Wildman–Crippen LogP) is 2.50. The van der Waals surface area contributed by atoms with Gasteiger partial charge in [-0.3, -0.25) is 0 Å². The van der Waals surface area contributed by atoms with E-state index in [9.17, 15) is 0 Å². The molecule has 0 aliphatic carbocycles. The minimum absolute atomic E-state index is 0. The van der Waals surface area contributed by atoms with Crippen molar-refractivity contribution in [1.82, 2.24) is 0 Å². The molecule has 0 saturated carbocycles. The second-order valence-electron chi connectivity index (χ2n) is 4.75. The van der Waals surface area contributed by atoms with E-state index in [1.54, 1.807) is 0 Å². The van der Waals surface area contributed by atoms with Gasteiger partial charge in [-0.1, -0.05) is 50.0 Å². The average Bonchev–Trinajstić information content (AvgIpc) is 2.53. The van der Waals surface area contributed by atoms with Gasteiger partial charge in [0.25, 0.3) is 0 Å². The van der Waals surface area contributed by atoms with Crippen LogP contribution in [0.4, 0.5) is 0 Å². The van der Waals surface area contributed by atoms with Crippen LogP contribution in [0.25, 0.3) is 0 Å². The van der Waals surface area contributed by atoms with Crippen LogP contribution in [0.15, 0.2) is 30.3 Å². The first-order valence-electron chi connectivity index (χ1n) is 5.94. The van der Waals surface area contributed by atoms with Crippen LogP contribution >= 0.6 is 0 Å². The van der Waals surface area contributed by atoms with Crippen molar-refractivity contribution in [2.24, 2.45) is 0 Å². The molecule has 22 heavy (non-hydrogen) atoms. The Morgan fingerprint density at radius 2 is 1.41 bits per heavy atom. The fraction of sp³-hybridized carbons (Fsp3) is 0.400. The molecular weight excluding hydrogens is 340 g/mol. The molecule has 0 aliphatic heterocycles. The van der Waals surface area contributed by atoms with Crippen LogP contribution in [0.2, 0.25) is 19.6 Å². The Balaban J connectivity index is -0.000000206. The molecule has 1 N–H and O–H groups in total. The molecule has 0 spiro atoms. The number of hydrogen-bond donors (Lipinski definition) is 1. The quantitative estimate of drug-likeness (QED) is 0.497. The maximum atomic E-state index is 8.82. The van der Waals surface area contributed by atoms with Crippen molar-refractivity contribution in [2.75, 3.05) is 13.2 Å². The molecule has 0 aliphatic rings. The zero-order valence-electron chi connectivity index (χ0n) is 12.9. The average molecular weight is 360 g/mol. The van der Waals surface area contributed by atoms with Crippen molar-refractivity contribution in [3.8, 4) is 0 Å². The van der Waals surface area contributed by atoms with Gasteiger partial charge in [0.15, 0.2) is 0 Å². The Morgan fingerprint density at radius 3 is 1.73 bits per heavy atom. The first-order chi connectivity index (χ1) is 10.1. The SMILES string of the molecule is C[Si](C)(C)C(OCCO)c1ccccc1.[C-]#[O+].[C-]#[O+].[C-]#[O+].[Cr]. The second-order valence-corrected chi connectivity index (χ2v) is 10.0. The third kappa shape index (κ3) is 14.1. The Morgan fingerprint density at radius 1 is 1.00 bits per heavy atom. The maximum Gasteiger partial charge on any atom is 0 e. The van der Waals surface area contributed by atoms with Gasteiger partial charge in [-0.05, 0) is 5.56 Å². The van der Waals surface area contributed by atoms with Crippen LogP contribution in [-0.4, -0.2) is 26.4 Å². The van der Waals surface area contributed by atoms with E-state index in [1.807, 2.05) is 18.2 Å². The summed E-state index contributed by atoms with van der Waals surface area (Å²) in [5.41, 5.74) is 1.40. The van der Waals surface area contributed by atoms with Crippen molar-refractivity contribution in [2.45, 2.75) is 25.4 Å². The first kappa shape index (κ1) is 29.2. The van der Waals surface area contributed by atoms with Crippen LogP contribution in [0.5, 0.6) is 0 Å². The van der Waals surface area contributed by atoms with E-state index in [0.717, 1.165) is 0 Å². The molecule has 1 aromatic rings. The van der Waals surface area contributed by atoms with Gasteiger partial charge >= 0.3 is 33.9 Å². The largest absolute Gasteiger partial charge is 0 e.